The number of rotatable bonds is 7. The van der Waals surface area contributed by atoms with Crippen molar-refractivity contribution in [3.63, 3.8) is 0 Å². The highest BCUT2D eigenvalue weighted by molar-refractivity contribution is 6.04. The Labute approximate surface area is 207 Å². The number of hydrogen-bond acceptors (Lipinski definition) is 5. The molecule has 4 rings (SSSR count). The maximum Gasteiger partial charge on any atom is 0.323 e. The van der Waals surface area contributed by atoms with Gasteiger partial charge in [0.25, 0.3) is 5.91 Å². The summed E-state index contributed by atoms with van der Waals surface area (Å²) in [5.41, 5.74) is 1.91. The number of morpholine rings is 1. The predicted molar refractivity (Wildman–Crippen MR) is 133 cm³/mol. The summed E-state index contributed by atoms with van der Waals surface area (Å²) < 4.78 is 38.1. The van der Waals surface area contributed by atoms with Crippen LogP contribution in [0.2, 0.25) is 0 Å². The summed E-state index contributed by atoms with van der Waals surface area (Å²) in [5, 5.41) is 7.84. The Balaban J connectivity index is 1.53. The largest absolute Gasteiger partial charge is 0.497 e. The smallest absolute Gasteiger partial charge is 0.323 e. The lowest BCUT2D eigenvalue weighted by Gasteiger charge is -2.30. The summed E-state index contributed by atoms with van der Waals surface area (Å²) in [6.07, 6.45) is 0. The number of amides is 3. The monoisotopic (exact) mass is 496 g/mol. The number of anilines is 3. The summed E-state index contributed by atoms with van der Waals surface area (Å²) in [7, 11) is 1.57. The van der Waals surface area contributed by atoms with Gasteiger partial charge in [-0.1, -0.05) is 12.1 Å². The second-order valence-electron chi connectivity index (χ2n) is 8.07. The Hall–Kier alpha value is -4.18. The minimum Gasteiger partial charge on any atom is -0.497 e. The van der Waals surface area contributed by atoms with Crippen molar-refractivity contribution in [1.29, 1.82) is 0 Å². The van der Waals surface area contributed by atoms with Gasteiger partial charge >= 0.3 is 6.03 Å². The van der Waals surface area contributed by atoms with E-state index < -0.39 is 17.7 Å². The number of methoxy groups -OCH3 is 1. The molecule has 0 radical (unpaired) electrons. The summed E-state index contributed by atoms with van der Waals surface area (Å²) >= 11 is 0. The van der Waals surface area contributed by atoms with Gasteiger partial charge in [0.2, 0.25) is 0 Å². The van der Waals surface area contributed by atoms with Gasteiger partial charge in [-0.05, 0) is 48.0 Å². The maximum absolute atomic E-state index is 14.0. The molecule has 0 spiro atoms. The number of ether oxygens (including phenoxy) is 2. The first kappa shape index (κ1) is 24.9. The molecule has 1 aliphatic heterocycles. The van der Waals surface area contributed by atoms with Crippen LogP contribution in [0.25, 0.3) is 0 Å². The van der Waals surface area contributed by atoms with Gasteiger partial charge < -0.3 is 30.3 Å². The molecule has 3 aromatic carbocycles. The zero-order valence-corrected chi connectivity index (χ0v) is 19.6. The quantitative estimate of drug-likeness (QED) is 0.452. The molecule has 3 amide bonds. The number of nitrogens with one attached hydrogen (secondary N) is 3. The van der Waals surface area contributed by atoms with Gasteiger partial charge in [0.05, 0.1) is 37.4 Å². The SMILES string of the molecule is COc1cccc(CNC(=O)c2ccc(N3CCOCC3)c(NC(=O)Nc3cc(F)ccc3F)c2)c1. The molecule has 0 bridgehead atoms. The van der Waals surface area contributed by atoms with E-state index in [-0.39, 0.29) is 18.1 Å². The van der Waals surface area contributed by atoms with Crippen molar-refractivity contribution >= 4 is 29.0 Å². The fourth-order valence-electron chi connectivity index (χ4n) is 3.79. The second-order valence-corrected chi connectivity index (χ2v) is 8.07. The van der Waals surface area contributed by atoms with Gasteiger partial charge in [0, 0.05) is 31.3 Å². The molecule has 0 saturated carbocycles. The lowest BCUT2D eigenvalue weighted by atomic mass is 10.1. The first-order chi connectivity index (χ1) is 17.4. The van der Waals surface area contributed by atoms with Crippen molar-refractivity contribution in [1.82, 2.24) is 5.32 Å². The lowest BCUT2D eigenvalue weighted by Crippen LogP contribution is -2.37. The zero-order valence-electron chi connectivity index (χ0n) is 19.6. The first-order valence-electron chi connectivity index (χ1n) is 11.3. The van der Waals surface area contributed by atoms with Crippen molar-refractivity contribution in [2.75, 3.05) is 48.9 Å². The van der Waals surface area contributed by atoms with Crippen LogP contribution in [0.15, 0.2) is 60.7 Å². The van der Waals surface area contributed by atoms with Crippen molar-refractivity contribution < 1.29 is 27.8 Å². The summed E-state index contributed by atoms with van der Waals surface area (Å²) in [4.78, 5) is 27.6. The number of carbonyl (C=O) groups excluding carboxylic acids is 2. The average molecular weight is 497 g/mol. The first-order valence-corrected chi connectivity index (χ1v) is 11.3. The third kappa shape index (κ3) is 6.28. The highest BCUT2D eigenvalue weighted by atomic mass is 19.1. The van der Waals surface area contributed by atoms with Crippen molar-refractivity contribution in [3.8, 4) is 5.75 Å². The molecule has 1 heterocycles. The Kier molecular flexibility index (Phi) is 7.96. The number of benzene rings is 3. The van der Waals surface area contributed by atoms with Gasteiger partial charge in [-0.3, -0.25) is 4.79 Å². The van der Waals surface area contributed by atoms with Crippen molar-refractivity contribution in [3.05, 3.63) is 83.4 Å². The van der Waals surface area contributed by atoms with E-state index in [0.717, 1.165) is 23.8 Å². The second kappa shape index (κ2) is 11.5. The predicted octanol–water partition coefficient (Wildman–Crippen LogP) is 4.38. The van der Waals surface area contributed by atoms with E-state index in [2.05, 4.69) is 16.0 Å². The lowest BCUT2D eigenvalue weighted by molar-refractivity contribution is 0.0950. The van der Waals surface area contributed by atoms with Gasteiger partial charge in [-0.15, -0.1) is 0 Å². The molecule has 1 saturated heterocycles. The van der Waals surface area contributed by atoms with E-state index >= 15 is 0 Å². The molecule has 188 valence electrons. The molecule has 10 heteroatoms. The highest BCUT2D eigenvalue weighted by Crippen LogP contribution is 2.29. The van der Waals surface area contributed by atoms with Crippen LogP contribution in [0.1, 0.15) is 15.9 Å². The van der Waals surface area contributed by atoms with Crippen molar-refractivity contribution in [2.45, 2.75) is 6.54 Å². The number of nitrogens with zero attached hydrogens (tertiary/aromatic N) is 1. The fourth-order valence-corrected chi connectivity index (χ4v) is 3.79. The third-order valence-electron chi connectivity index (χ3n) is 5.62. The van der Waals surface area contributed by atoms with Gasteiger partial charge in [-0.25, -0.2) is 13.6 Å². The zero-order chi connectivity index (χ0) is 25.5. The Morgan fingerprint density at radius 2 is 1.75 bits per heavy atom. The van der Waals surface area contributed by atoms with E-state index in [1.165, 1.54) is 0 Å². The summed E-state index contributed by atoms with van der Waals surface area (Å²) in [5.74, 6) is -1.11. The maximum atomic E-state index is 14.0. The molecule has 0 unspecified atom stereocenters. The van der Waals surface area contributed by atoms with Crippen LogP contribution in [0.3, 0.4) is 0 Å². The van der Waals surface area contributed by atoms with Gasteiger partial charge in [0.1, 0.15) is 17.4 Å². The van der Waals surface area contributed by atoms with Crippen LogP contribution in [0.5, 0.6) is 5.75 Å². The van der Waals surface area contributed by atoms with E-state index in [1.54, 1.807) is 25.3 Å². The van der Waals surface area contributed by atoms with Crippen LogP contribution in [-0.4, -0.2) is 45.4 Å². The van der Waals surface area contributed by atoms with Crippen LogP contribution < -0.4 is 25.6 Å². The van der Waals surface area contributed by atoms with Crippen molar-refractivity contribution in [2.24, 2.45) is 0 Å². The summed E-state index contributed by atoms with van der Waals surface area (Å²) in [6.45, 7) is 2.50. The Bertz CT molecular complexity index is 1250. The van der Waals surface area contributed by atoms with E-state index in [9.17, 15) is 18.4 Å². The van der Waals surface area contributed by atoms with Gasteiger partial charge in [0.15, 0.2) is 0 Å². The molecule has 0 atom stereocenters. The molecule has 8 nitrogen and oxygen atoms in total. The van der Waals surface area contributed by atoms with Crippen LogP contribution >= 0.6 is 0 Å². The molecule has 1 aliphatic rings. The minimum atomic E-state index is -0.775. The summed E-state index contributed by atoms with van der Waals surface area (Å²) in [6, 6.07) is 14.3. The van der Waals surface area contributed by atoms with Gasteiger partial charge in [-0.2, -0.15) is 0 Å². The molecule has 0 aromatic heterocycles. The topological polar surface area (TPSA) is 91.9 Å². The third-order valence-corrected chi connectivity index (χ3v) is 5.62. The number of halogens is 2. The van der Waals surface area contributed by atoms with Crippen LogP contribution in [-0.2, 0) is 11.3 Å². The van der Waals surface area contributed by atoms with E-state index in [0.29, 0.717) is 49.0 Å². The minimum absolute atomic E-state index is 0.281. The molecule has 3 N–H and O–H groups in total. The number of hydrogen-bond donors (Lipinski definition) is 3. The molecular weight excluding hydrogens is 470 g/mol. The number of urea groups is 1. The fraction of sp³-hybridized carbons (Fsp3) is 0.231. The van der Waals surface area contributed by atoms with E-state index in [1.807, 2.05) is 29.2 Å². The normalized spacial score (nSPS) is 13.1. The average Bonchev–Trinajstić information content (AvgIpc) is 2.90. The number of carbonyl (C=O) groups is 2. The molecule has 3 aromatic rings. The van der Waals surface area contributed by atoms with E-state index in [4.69, 9.17) is 9.47 Å². The molecule has 1 fully saturated rings. The highest BCUT2D eigenvalue weighted by Gasteiger charge is 2.19. The van der Waals surface area contributed by atoms with Crippen LogP contribution in [0, 0.1) is 11.6 Å². The molecule has 36 heavy (non-hydrogen) atoms. The van der Waals surface area contributed by atoms with Crippen LogP contribution in [0.4, 0.5) is 30.6 Å². The Morgan fingerprint density at radius 1 is 0.972 bits per heavy atom. The Morgan fingerprint density at radius 3 is 2.53 bits per heavy atom. The molecular formula is C26H26F2N4O4. The standard InChI is InChI=1S/C26H26F2N4O4/c1-35-20-4-2-3-17(13-20)16-29-25(33)18-5-8-24(32-9-11-36-12-10-32)23(14-18)31-26(34)30-22-15-19(27)6-7-21(22)28/h2-8,13-15H,9-12,16H2,1H3,(H,29,33)(H2,30,31,34). The molecule has 0 aliphatic carbocycles.